The van der Waals surface area contributed by atoms with E-state index in [1.54, 1.807) is 0 Å². The molecule has 0 aliphatic carbocycles. The summed E-state index contributed by atoms with van der Waals surface area (Å²) in [6.07, 6.45) is 1.46. The second kappa shape index (κ2) is 4.05. The highest BCUT2D eigenvalue weighted by molar-refractivity contribution is 6.05. The van der Waals surface area contributed by atoms with Crippen molar-refractivity contribution in [3.63, 3.8) is 0 Å². The number of nitrogen functional groups attached to an aromatic ring is 1. The maximum atomic E-state index is 11.5. The predicted molar refractivity (Wildman–Crippen MR) is 67.0 cm³/mol. The number of nitrogens with zero attached hydrogens (tertiary/aromatic N) is 1. The number of esters is 1. The highest BCUT2D eigenvalue weighted by Gasteiger charge is 2.14. The molecule has 0 amide bonds. The van der Waals surface area contributed by atoms with Gasteiger partial charge in [0.15, 0.2) is 0 Å². The number of carbonyl (C=O) groups excluding carboxylic acids is 1. The first kappa shape index (κ1) is 11.4. The lowest BCUT2D eigenvalue weighted by molar-refractivity contribution is 0.0601. The summed E-state index contributed by atoms with van der Waals surface area (Å²) in [5, 5.41) is 0.818. The zero-order valence-corrected chi connectivity index (χ0v) is 10.1. The molecule has 0 aliphatic rings. The number of anilines is 1. The molecule has 0 fully saturated rings. The van der Waals surface area contributed by atoms with E-state index >= 15 is 0 Å². The summed E-state index contributed by atoms with van der Waals surface area (Å²) >= 11 is 0. The van der Waals surface area contributed by atoms with Crippen LogP contribution in [0.2, 0.25) is 0 Å². The predicted octanol–water partition coefficient (Wildman–Crippen LogP) is 2.22. The number of hydrogen-bond acceptors (Lipinski definition) is 4. The number of nitrogens with two attached hydrogens (primary N) is 1. The number of carbonyl (C=O) groups is 1. The molecule has 0 aliphatic heterocycles. The van der Waals surface area contributed by atoms with Crippen LogP contribution in [0.15, 0.2) is 18.3 Å². The Morgan fingerprint density at radius 2 is 2.06 bits per heavy atom. The number of ether oxygens (including phenoxy) is 1. The molecule has 1 aromatic carbocycles. The van der Waals surface area contributed by atoms with Gasteiger partial charge in [0.1, 0.15) is 5.56 Å². The number of fused-ring (bicyclic) bond motifs is 1. The third kappa shape index (κ3) is 1.82. The van der Waals surface area contributed by atoms with Crippen LogP contribution in [-0.2, 0) is 4.74 Å². The maximum Gasteiger partial charge on any atom is 0.341 e. The Hall–Kier alpha value is -2.10. The molecule has 4 nitrogen and oxygen atoms in total. The van der Waals surface area contributed by atoms with Crippen molar-refractivity contribution in [1.82, 2.24) is 4.98 Å². The third-order valence-corrected chi connectivity index (χ3v) is 2.76. The van der Waals surface area contributed by atoms with Gasteiger partial charge in [-0.15, -0.1) is 0 Å². The Morgan fingerprint density at radius 1 is 1.35 bits per heavy atom. The van der Waals surface area contributed by atoms with Gasteiger partial charge in [-0.05, 0) is 31.0 Å². The SMILES string of the molecule is COC(=O)c1cnc2cc(C)cc(C)c2c1N. The molecule has 0 saturated heterocycles. The molecule has 1 aromatic heterocycles. The van der Waals surface area contributed by atoms with E-state index in [0.29, 0.717) is 11.3 Å². The molecule has 0 spiro atoms. The molecule has 0 atom stereocenters. The first-order chi connectivity index (χ1) is 8.04. The van der Waals surface area contributed by atoms with Crippen LogP contribution in [0.4, 0.5) is 5.69 Å². The van der Waals surface area contributed by atoms with Crippen molar-refractivity contribution in [1.29, 1.82) is 0 Å². The Bertz CT molecular complexity index is 606. The number of rotatable bonds is 1. The minimum absolute atomic E-state index is 0.312. The number of aryl methyl sites for hydroxylation is 2. The molecule has 0 radical (unpaired) electrons. The minimum Gasteiger partial charge on any atom is -0.465 e. The van der Waals surface area contributed by atoms with Gasteiger partial charge in [0, 0.05) is 11.6 Å². The van der Waals surface area contributed by atoms with Crippen molar-refractivity contribution >= 4 is 22.6 Å². The van der Waals surface area contributed by atoms with Gasteiger partial charge in [-0.2, -0.15) is 0 Å². The van der Waals surface area contributed by atoms with Crippen LogP contribution < -0.4 is 5.73 Å². The van der Waals surface area contributed by atoms with Gasteiger partial charge in [0.05, 0.1) is 18.3 Å². The summed E-state index contributed by atoms with van der Waals surface area (Å²) < 4.78 is 4.67. The summed E-state index contributed by atoms with van der Waals surface area (Å²) in [6.45, 7) is 3.95. The van der Waals surface area contributed by atoms with Crippen LogP contribution >= 0.6 is 0 Å². The Balaban J connectivity index is 2.80. The average Bonchev–Trinajstić information content (AvgIpc) is 2.27. The van der Waals surface area contributed by atoms with Crippen LogP contribution in [0, 0.1) is 13.8 Å². The highest BCUT2D eigenvalue weighted by atomic mass is 16.5. The van der Waals surface area contributed by atoms with E-state index in [2.05, 4.69) is 9.72 Å². The molecule has 2 aromatic rings. The fourth-order valence-corrected chi connectivity index (χ4v) is 2.01. The fraction of sp³-hybridized carbons (Fsp3) is 0.231. The van der Waals surface area contributed by atoms with E-state index < -0.39 is 5.97 Å². The number of aromatic nitrogens is 1. The van der Waals surface area contributed by atoms with E-state index in [-0.39, 0.29) is 0 Å². The van der Waals surface area contributed by atoms with Crippen molar-refractivity contribution in [3.05, 3.63) is 35.0 Å². The normalized spacial score (nSPS) is 10.5. The van der Waals surface area contributed by atoms with Gasteiger partial charge in [0.2, 0.25) is 0 Å². The Morgan fingerprint density at radius 3 is 2.71 bits per heavy atom. The number of benzene rings is 1. The van der Waals surface area contributed by atoms with Crippen LogP contribution in [0.1, 0.15) is 21.5 Å². The van der Waals surface area contributed by atoms with E-state index in [1.165, 1.54) is 13.3 Å². The second-order valence-corrected chi connectivity index (χ2v) is 4.05. The minimum atomic E-state index is -0.461. The first-order valence-corrected chi connectivity index (χ1v) is 5.28. The maximum absolute atomic E-state index is 11.5. The largest absolute Gasteiger partial charge is 0.465 e. The molecule has 0 saturated carbocycles. The second-order valence-electron chi connectivity index (χ2n) is 4.05. The van der Waals surface area contributed by atoms with Gasteiger partial charge >= 0.3 is 5.97 Å². The van der Waals surface area contributed by atoms with Gasteiger partial charge in [-0.25, -0.2) is 4.79 Å². The molecule has 17 heavy (non-hydrogen) atoms. The zero-order valence-electron chi connectivity index (χ0n) is 10.1. The van der Waals surface area contributed by atoms with Crippen LogP contribution in [0.25, 0.3) is 10.9 Å². The molecule has 88 valence electrons. The monoisotopic (exact) mass is 230 g/mol. The Kier molecular flexibility index (Phi) is 2.71. The summed E-state index contributed by atoms with van der Waals surface area (Å²) in [6, 6.07) is 3.96. The zero-order chi connectivity index (χ0) is 12.6. The van der Waals surface area contributed by atoms with E-state index in [4.69, 9.17) is 5.73 Å². The Labute approximate surface area is 99.4 Å². The molecule has 1 heterocycles. The van der Waals surface area contributed by atoms with Gasteiger partial charge in [0.25, 0.3) is 0 Å². The number of methoxy groups -OCH3 is 1. The van der Waals surface area contributed by atoms with E-state index in [1.807, 2.05) is 26.0 Å². The first-order valence-electron chi connectivity index (χ1n) is 5.28. The topological polar surface area (TPSA) is 65.2 Å². The van der Waals surface area contributed by atoms with Crippen molar-refractivity contribution in [3.8, 4) is 0 Å². The lowest BCUT2D eigenvalue weighted by Crippen LogP contribution is -2.07. The van der Waals surface area contributed by atoms with Crippen molar-refractivity contribution < 1.29 is 9.53 Å². The molecule has 2 N–H and O–H groups in total. The van der Waals surface area contributed by atoms with Crippen molar-refractivity contribution in [2.75, 3.05) is 12.8 Å². The summed E-state index contributed by atoms with van der Waals surface area (Å²) in [5.41, 5.74) is 9.67. The summed E-state index contributed by atoms with van der Waals surface area (Å²) in [4.78, 5) is 15.8. The van der Waals surface area contributed by atoms with Gasteiger partial charge in [-0.1, -0.05) is 6.07 Å². The third-order valence-electron chi connectivity index (χ3n) is 2.76. The van der Waals surface area contributed by atoms with Crippen LogP contribution in [-0.4, -0.2) is 18.1 Å². The molecule has 0 unspecified atom stereocenters. The molecular formula is C13H14N2O2. The quantitative estimate of drug-likeness (QED) is 0.763. The average molecular weight is 230 g/mol. The number of hydrogen-bond donors (Lipinski definition) is 1. The summed E-state index contributed by atoms with van der Waals surface area (Å²) in [7, 11) is 1.33. The molecule has 0 bridgehead atoms. The van der Waals surface area contributed by atoms with Gasteiger partial charge < -0.3 is 10.5 Å². The van der Waals surface area contributed by atoms with Crippen LogP contribution in [0.3, 0.4) is 0 Å². The highest BCUT2D eigenvalue weighted by Crippen LogP contribution is 2.27. The van der Waals surface area contributed by atoms with Crippen LogP contribution in [0.5, 0.6) is 0 Å². The number of pyridine rings is 1. The van der Waals surface area contributed by atoms with Crippen molar-refractivity contribution in [2.45, 2.75) is 13.8 Å². The van der Waals surface area contributed by atoms with Crippen molar-refractivity contribution in [2.24, 2.45) is 0 Å². The fourth-order valence-electron chi connectivity index (χ4n) is 2.01. The van der Waals surface area contributed by atoms with Gasteiger partial charge in [-0.3, -0.25) is 4.98 Å². The van der Waals surface area contributed by atoms with E-state index in [9.17, 15) is 4.79 Å². The summed E-state index contributed by atoms with van der Waals surface area (Å²) in [5.74, 6) is -0.461. The smallest absolute Gasteiger partial charge is 0.341 e. The molecule has 4 heteroatoms. The molecular weight excluding hydrogens is 216 g/mol. The lowest BCUT2D eigenvalue weighted by Gasteiger charge is -2.10. The van der Waals surface area contributed by atoms with E-state index in [0.717, 1.165) is 22.0 Å². The molecule has 2 rings (SSSR count). The lowest BCUT2D eigenvalue weighted by atomic mass is 10.0. The standard InChI is InChI=1S/C13H14N2O2/c1-7-4-8(2)11-10(5-7)15-6-9(12(11)14)13(16)17-3/h4-6H,1-3H3,(H2,14,15).